The molecular weight excluding hydrogens is 885 g/mol. The number of alkyl halides is 4. The van der Waals surface area contributed by atoms with E-state index in [1.165, 1.54) is 65.6 Å². The Labute approximate surface area is 365 Å². The number of fused-ring (bicyclic) bond motifs is 2. The van der Waals surface area contributed by atoms with E-state index in [1.807, 2.05) is 6.07 Å². The minimum Gasteiger partial charge on any atom is -0.392 e. The molecule has 65 heavy (non-hydrogen) atoms. The highest BCUT2D eigenvalue weighted by atomic mass is 32.2. The van der Waals surface area contributed by atoms with E-state index >= 15 is 0 Å². The lowest BCUT2D eigenvalue weighted by Gasteiger charge is -2.16. The van der Waals surface area contributed by atoms with E-state index in [-0.39, 0.29) is 58.6 Å². The average molecular weight is 920 g/mol. The maximum absolute atomic E-state index is 14.3. The summed E-state index contributed by atoms with van der Waals surface area (Å²) < 4.78 is 112. The molecule has 9 heterocycles. The van der Waals surface area contributed by atoms with Crippen molar-refractivity contribution in [3.8, 4) is 23.0 Å². The van der Waals surface area contributed by atoms with Crippen LogP contribution in [-0.4, -0.2) is 93.0 Å². The predicted octanol–water partition coefficient (Wildman–Crippen LogP) is 7.06. The number of β-amino-alcohol motifs (C(OH)–C–C–N with tert-alkyl or cyclic N) is 1. The van der Waals surface area contributed by atoms with Crippen LogP contribution in [-0.2, 0) is 27.5 Å². The Hall–Kier alpha value is -7.15. The lowest BCUT2D eigenvalue weighted by molar-refractivity contribution is 0.146. The molecule has 3 N–H and O–H groups in total. The van der Waals surface area contributed by atoms with E-state index in [1.54, 1.807) is 22.8 Å². The summed E-state index contributed by atoms with van der Waals surface area (Å²) in [6.45, 7) is 1.54. The second-order valence-corrected chi connectivity index (χ2v) is 16.1. The summed E-state index contributed by atoms with van der Waals surface area (Å²) in [6, 6.07) is 14.5. The minimum absolute atomic E-state index is 0.0110. The first kappa shape index (κ1) is 44.5. The van der Waals surface area contributed by atoms with Crippen molar-refractivity contribution >= 4 is 44.2 Å². The van der Waals surface area contributed by atoms with Gasteiger partial charge in [0.2, 0.25) is 11.6 Å². The number of likely N-dealkylation sites (tertiary alicyclic amines) is 1. The van der Waals surface area contributed by atoms with Crippen LogP contribution in [0.15, 0.2) is 97.8 Å². The highest BCUT2D eigenvalue weighted by Crippen LogP contribution is 2.31. The number of pyridine rings is 4. The Kier molecular flexibility index (Phi) is 12.9. The lowest BCUT2D eigenvalue weighted by Crippen LogP contribution is -2.21. The number of aliphatic hydroxyl groups is 1. The zero-order valence-electron chi connectivity index (χ0n) is 33.8. The summed E-state index contributed by atoms with van der Waals surface area (Å²) in [6.07, 6.45) is 3.87. The molecule has 9 rings (SSSR count). The molecule has 0 aromatic carbocycles. The molecule has 0 amide bonds. The van der Waals surface area contributed by atoms with Gasteiger partial charge in [-0.3, -0.25) is 19.1 Å². The summed E-state index contributed by atoms with van der Waals surface area (Å²) in [4.78, 5) is 26.3. The van der Waals surface area contributed by atoms with Crippen LogP contribution < -0.4 is 10.6 Å². The molecule has 8 aromatic rings. The summed E-state index contributed by atoms with van der Waals surface area (Å²) in [5.74, 6) is -0.743. The van der Waals surface area contributed by atoms with Gasteiger partial charge in [0, 0.05) is 50.0 Å². The zero-order chi connectivity index (χ0) is 45.8. The number of rotatable bonds is 13. The molecule has 8 aromatic heterocycles. The standard InChI is InChI=1S/C22H20F3N7O.C19H15F3N6O3S/c23-15-10-26-7-4-16(15)28-22-19-13(11-31-8-6-14(33)12-31)5-9-32(19)30-21(29-22)18-3-1-2-17(27-18)20(24)25;1-32(29,30)31-10-11-6-8-28-16(11)19(25-13-5-7-23-9-12(13)20)26-18(27-28)15-4-2-3-14(24-15)17(21)22/h1-5,7,9-10,14,20,33H,6,8,11-12H2,(H,26,28,29,30);2-9,17H,10H2,1H3,(H,23,25,26,27)/t14-;/m0./s1. The van der Waals surface area contributed by atoms with Gasteiger partial charge in [-0.25, -0.2) is 55.3 Å². The van der Waals surface area contributed by atoms with Gasteiger partial charge in [0.25, 0.3) is 23.0 Å². The van der Waals surface area contributed by atoms with Crippen molar-refractivity contribution in [1.29, 1.82) is 0 Å². The molecular formula is C41H35F6N13O4S. The molecule has 336 valence electrons. The van der Waals surface area contributed by atoms with Crippen LogP contribution >= 0.6 is 0 Å². The van der Waals surface area contributed by atoms with Gasteiger partial charge in [-0.15, -0.1) is 10.2 Å². The zero-order valence-corrected chi connectivity index (χ0v) is 34.6. The summed E-state index contributed by atoms with van der Waals surface area (Å²) in [5, 5.41) is 24.4. The fourth-order valence-electron chi connectivity index (χ4n) is 6.78. The van der Waals surface area contributed by atoms with Gasteiger partial charge in [0.05, 0.1) is 42.7 Å². The van der Waals surface area contributed by atoms with Gasteiger partial charge in [-0.2, -0.15) is 8.42 Å². The van der Waals surface area contributed by atoms with Gasteiger partial charge in [0.15, 0.2) is 23.3 Å². The molecule has 24 heteroatoms. The summed E-state index contributed by atoms with van der Waals surface area (Å²) in [5.41, 5.74) is 1.81. The number of halogens is 6. The normalized spacial score (nSPS) is 14.3. The first-order valence-electron chi connectivity index (χ1n) is 19.4. The maximum Gasteiger partial charge on any atom is 0.280 e. The highest BCUT2D eigenvalue weighted by Gasteiger charge is 2.24. The van der Waals surface area contributed by atoms with Gasteiger partial charge in [-0.1, -0.05) is 12.1 Å². The number of aromatic nitrogens is 10. The molecule has 1 fully saturated rings. The van der Waals surface area contributed by atoms with Crippen molar-refractivity contribution in [1.82, 2.24) is 54.0 Å². The van der Waals surface area contributed by atoms with Crippen LogP contribution in [0.4, 0.5) is 49.4 Å². The smallest absolute Gasteiger partial charge is 0.280 e. The third-order valence-electron chi connectivity index (χ3n) is 9.76. The van der Waals surface area contributed by atoms with Crippen molar-refractivity contribution in [2.75, 3.05) is 30.0 Å². The molecule has 1 aliphatic rings. The Morgan fingerprint density at radius 3 is 1.71 bits per heavy atom. The van der Waals surface area contributed by atoms with Crippen molar-refractivity contribution in [3.63, 3.8) is 0 Å². The molecule has 1 atom stereocenters. The largest absolute Gasteiger partial charge is 0.392 e. The topological polar surface area (TPSA) is 203 Å². The fraction of sp³-hybridized carbons (Fsp3) is 0.220. The third-order valence-corrected chi connectivity index (χ3v) is 10.3. The maximum atomic E-state index is 14.3. The van der Waals surface area contributed by atoms with Crippen LogP contribution in [0.2, 0.25) is 0 Å². The van der Waals surface area contributed by atoms with E-state index in [0.717, 1.165) is 30.8 Å². The van der Waals surface area contributed by atoms with Crippen LogP contribution in [0.3, 0.4) is 0 Å². The Balaban J connectivity index is 0.000000177. The summed E-state index contributed by atoms with van der Waals surface area (Å²) in [7, 11) is -3.73. The molecule has 0 aliphatic carbocycles. The van der Waals surface area contributed by atoms with Crippen molar-refractivity contribution in [2.24, 2.45) is 0 Å². The van der Waals surface area contributed by atoms with E-state index in [0.29, 0.717) is 41.9 Å². The molecule has 17 nitrogen and oxygen atoms in total. The Morgan fingerprint density at radius 2 is 1.25 bits per heavy atom. The minimum atomic E-state index is -3.73. The molecule has 0 spiro atoms. The van der Waals surface area contributed by atoms with Gasteiger partial charge < -0.3 is 15.7 Å². The first-order chi connectivity index (χ1) is 31.2. The Bertz CT molecular complexity index is 3100. The fourth-order valence-corrected chi connectivity index (χ4v) is 7.12. The average Bonchev–Trinajstić information content (AvgIpc) is 4.03. The van der Waals surface area contributed by atoms with Gasteiger partial charge >= 0.3 is 0 Å². The number of nitrogens with zero attached hydrogens (tertiary/aromatic N) is 11. The van der Waals surface area contributed by atoms with Crippen molar-refractivity contribution in [2.45, 2.75) is 38.5 Å². The molecule has 1 saturated heterocycles. The number of aliphatic hydroxyl groups excluding tert-OH is 1. The monoisotopic (exact) mass is 919 g/mol. The predicted molar refractivity (Wildman–Crippen MR) is 223 cm³/mol. The van der Waals surface area contributed by atoms with E-state index < -0.39 is 40.3 Å². The van der Waals surface area contributed by atoms with Crippen molar-refractivity contribution in [3.05, 3.63) is 132 Å². The molecule has 0 saturated carbocycles. The lowest BCUT2D eigenvalue weighted by atomic mass is 10.2. The first-order valence-corrected chi connectivity index (χ1v) is 21.3. The number of nitrogens with one attached hydrogen (secondary N) is 2. The van der Waals surface area contributed by atoms with Gasteiger partial charge in [0.1, 0.15) is 33.8 Å². The van der Waals surface area contributed by atoms with E-state index in [2.05, 4.69) is 55.6 Å². The van der Waals surface area contributed by atoms with Crippen LogP contribution in [0, 0.1) is 11.6 Å². The molecule has 0 bridgehead atoms. The SMILES string of the molecule is CS(=O)(=O)OCc1ccn2nc(-c3cccc(C(F)F)n3)nc(Nc3ccncc3F)c12.O[C@H]1CCN(Cc2ccn3nc(-c4cccc(C(F)F)n4)nc(Nc4ccncc4F)c23)C1. The van der Waals surface area contributed by atoms with Crippen LogP contribution in [0.1, 0.15) is 41.8 Å². The quantitative estimate of drug-likeness (QED) is 0.0783. The molecule has 0 unspecified atom stereocenters. The third kappa shape index (κ3) is 10.5. The van der Waals surface area contributed by atoms with Crippen molar-refractivity contribution < 1.29 is 44.0 Å². The van der Waals surface area contributed by atoms with Gasteiger partial charge in [-0.05, 0) is 60.5 Å². The van der Waals surface area contributed by atoms with Crippen LogP contribution in [0.25, 0.3) is 34.1 Å². The highest BCUT2D eigenvalue weighted by molar-refractivity contribution is 7.85. The number of hydrogen-bond donors (Lipinski definition) is 3. The van der Waals surface area contributed by atoms with E-state index in [9.17, 15) is 39.9 Å². The molecule has 0 radical (unpaired) electrons. The second-order valence-electron chi connectivity index (χ2n) is 14.4. The second kappa shape index (κ2) is 18.9. The van der Waals surface area contributed by atoms with Crippen LogP contribution in [0.5, 0.6) is 0 Å². The molecule has 1 aliphatic heterocycles. The Morgan fingerprint density at radius 1 is 0.738 bits per heavy atom. The van der Waals surface area contributed by atoms with E-state index in [4.69, 9.17) is 4.18 Å². The number of hydrogen-bond acceptors (Lipinski definition) is 15. The number of anilines is 4. The summed E-state index contributed by atoms with van der Waals surface area (Å²) >= 11 is 0.